The van der Waals surface area contributed by atoms with Gasteiger partial charge < -0.3 is 10.0 Å². The number of allylic oxidation sites excluding steroid dienone is 2. The maximum atomic E-state index is 12.3. The van der Waals surface area contributed by atoms with Crippen LogP contribution in [0, 0.1) is 5.41 Å². The van der Waals surface area contributed by atoms with Crippen LogP contribution in [0.4, 0.5) is 0 Å². The van der Waals surface area contributed by atoms with Crippen LogP contribution in [-0.4, -0.2) is 53.5 Å². The molecule has 0 aromatic carbocycles. The SMILES string of the molecule is CCC1(C(=O)O)CCN(CC(=O)N(C)C2=CCCC2)C1. The Labute approximate surface area is 120 Å². The lowest BCUT2D eigenvalue weighted by molar-refractivity contribution is -0.148. The first kappa shape index (κ1) is 15.0. The third kappa shape index (κ3) is 2.87. The van der Waals surface area contributed by atoms with Crippen molar-refractivity contribution in [2.24, 2.45) is 5.41 Å². The van der Waals surface area contributed by atoms with E-state index in [2.05, 4.69) is 6.08 Å². The predicted molar refractivity (Wildman–Crippen MR) is 76.1 cm³/mol. The normalized spacial score (nSPS) is 26.6. The molecule has 1 N–H and O–H groups in total. The minimum absolute atomic E-state index is 0.0652. The molecule has 1 fully saturated rings. The smallest absolute Gasteiger partial charge is 0.310 e. The highest BCUT2D eigenvalue weighted by Crippen LogP contribution is 2.34. The van der Waals surface area contributed by atoms with Gasteiger partial charge in [-0.2, -0.15) is 0 Å². The van der Waals surface area contributed by atoms with Gasteiger partial charge >= 0.3 is 5.97 Å². The van der Waals surface area contributed by atoms with E-state index in [0.717, 1.165) is 25.0 Å². The van der Waals surface area contributed by atoms with Crippen LogP contribution in [-0.2, 0) is 9.59 Å². The van der Waals surface area contributed by atoms with E-state index in [1.807, 2.05) is 18.9 Å². The van der Waals surface area contributed by atoms with Crippen molar-refractivity contribution >= 4 is 11.9 Å². The molecule has 1 unspecified atom stereocenters. The van der Waals surface area contributed by atoms with Gasteiger partial charge in [0.1, 0.15) is 0 Å². The Morgan fingerprint density at radius 1 is 1.50 bits per heavy atom. The molecule has 0 spiro atoms. The molecule has 0 saturated carbocycles. The molecule has 2 aliphatic rings. The molecule has 0 aromatic rings. The van der Waals surface area contributed by atoms with E-state index in [-0.39, 0.29) is 5.91 Å². The molecule has 0 radical (unpaired) electrons. The standard InChI is InChI=1S/C15H24N2O3/c1-3-15(14(19)20)8-9-17(11-15)10-13(18)16(2)12-6-4-5-7-12/h6H,3-5,7-11H2,1-2H3,(H,19,20). The van der Waals surface area contributed by atoms with Gasteiger partial charge in [0.15, 0.2) is 0 Å². The third-order valence-corrected chi connectivity index (χ3v) is 4.74. The third-order valence-electron chi connectivity index (χ3n) is 4.74. The molecule has 0 bridgehead atoms. The van der Waals surface area contributed by atoms with Crippen molar-refractivity contribution in [1.29, 1.82) is 0 Å². The van der Waals surface area contributed by atoms with E-state index in [9.17, 15) is 14.7 Å². The maximum Gasteiger partial charge on any atom is 0.310 e. The number of carboxylic acids is 1. The number of carbonyl (C=O) groups is 2. The van der Waals surface area contributed by atoms with Crippen LogP contribution in [0.2, 0.25) is 0 Å². The first-order valence-corrected chi connectivity index (χ1v) is 7.40. The number of aliphatic carboxylic acids is 1. The molecule has 20 heavy (non-hydrogen) atoms. The minimum atomic E-state index is -0.734. The van der Waals surface area contributed by atoms with Gasteiger partial charge in [-0.1, -0.05) is 13.0 Å². The molecular formula is C15H24N2O3. The van der Waals surface area contributed by atoms with Gasteiger partial charge in [-0.25, -0.2) is 0 Å². The van der Waals surface area contributed by atoms with Gasteiger partial charge in [0, 0.05) is 19.3 Å². The number of likely N-dealkylation sites (N-methyl/N-ethyl adjacent to an activating group) is 1. The van der Waals surface area contributed by atoms with Crippen LogP contribution in [0.1, 0.15) is 39.0 Å². The van der Waals surface area contributed by atoms with E-state index in [1.54, 1.807) is 4.90 Å². The Morgan fingerprint density at radius 2 is 2.25 bits per heavy atom. The van der Waals surface area contributed by atoms with Gasteiger partial charge in [-0.15, -0.1) is 0 Å². The quantitative estimate of drug-likeness (QED) is 0.832. The summed E-state index contributed by atoms with van der Waals surface area (Å²) in [6, 6.07) is 0. The van der Waals surface area contributed by atoms with E-state index in [0.29, 0.717) is 32.5 Å². The molecular weight excluding hydrogens is 256 g/mol. The molecule has 112 valence electrons. The zero-order valence-electron chi connectivity index (χ0n) is 12.4. The van der Waals surface area contributed by atoms with Crippen molar-refractivity contribution in [1.82, 2.24) is 9.80 Å². The summed E-state index contributed by atoms with van der Waals surface area (Å²) >= 11 is 0. The molecule has 1 saturated heterocycles. The van der Waals surface area contributed by atoms with Crippen molar-refractivity contribution in [2.45, 2.75) is 39.0 Å². The van der Waals surface area contributed by atoms with Crippen molar-refractivity contribution in [3.63, 3.8) is 0 Å². The number of amides is 1. The molecule has 1 amide bonds. The number of likely N-dealkylation sites (tertiary alicyclic amines) is 1. The minimum Gasteiger partial charge on any atom is -0.481 e. The average Bonchev–Trinajstić information content (AvgIpc) is 3.07. The maximum absolute atomic E-state index is 12.3. The summed E-state index contributed by atoms with van der Waals surface area (Å²) in [4.78, 5) is 27.4. The van der Waals surface area contributed by atoms with Crippen LogP contribution in [0.15, 0.2) is 11.8 Å². The second-order valence-electron chi connectivity index (χ2n) is 5.94. The summed E-state index contributed by atoms with van der Waals surface area (Å²) in [5.74, 6) is -0.669. The summed E-state index contributed by atoms with van der Waals surface area (Å²) in [7, 11) is 1.82. The lowest BCUT2D eigenvalue weighted by atomic mass is 9.84. The fourth-order valence-electron chi connectivity index (χ4n) is 3.12. The van der Waals surface area contributed by atoms with Gasteiger partial charge in [0.05, 0.1) is 12.0 Å². The Hall–Kier alpha value is -1.36. The predicted octanol–water partition coefficient (Wildman–Crippen LogP) is 1.70. The summed E-state index contributed by atoms with van der Waals surface area (Å²) in [6.07, 6.45) is 6.52. The molecule has 1 aliphatic carbocycles. The van der Waals surface area contributed by atoms with E-state index in [1.165, 1.54) is 0 Å². The first-order chi connectivity index (χ1) is 9.48. The monoisotopic (exact) mass is 280 g/mol. The van der Waals surface area contributed by atoms with Gasteiger partial charge in [0.25, 0.3) is 0 Å². The highest BCUT2D eigenvalue weighted by Gasteiger charge is 2.43. The van der Waals surface area contributed by atoms with Crippen LogP contribution in [0.3, 0.4) is 0 Å². The Bertz CT molecular complexity index is 433. The largest absolute Gasteiger partial charge is 0.481 e. The number of nitrogens with zero attached hydrogens (tertiary/aromatic N) is 2. The number of rotatable bonds is 5. The van der Waals surface area contributed by atoms with Crippen molar-refractivity contribution in [3.05, 3.63) is 11.8 Å². The average molecular weight is 280 g/mol. The van der Waals surface area contributed by atoms with E-state index >= 15 is 0 Å². The second kappa shape index (κ2) is 5.95. The lowest BCUT2D eigenvalue weighted by Gasteiger charge is -2.25. The van der Waals surface area contributed by atoms with Crippen LogP contribution in [0.5, 0.6) is 0 Å². The Kier molecular flexibility index (Phi) is 4.48. The van der Waals surface area contributed by atoms with Gasteiger partial charge in [0.2, 0.25) is 5.91 Å². The molecule has 0 aromatic heterocycles. The van der Waals surface area contributed by atoms with Crippen LogP contribution in [0.25, 0.3) is 0 Å². The number of carboxylic acid groups (broad SMARTS) is 1. The molecule has 2 rings (SSSR count). The fraction of sp³-hybridized carbons (Fsp3) is 0.733. The number of hydrogen-bond acceptors (Lipinski definition) is 3. The molecule has 5 heteroatoms. The van der Waals surface area contributed by atoms with Crippen LogP contribution >= 0.6 is 0 Å². The molecule has 5 nitrogen and oxygen atoms in total. The topological polar surface area (TPSA) is 60.9 Å². The van der Waals surface area contributed by atoms with Crippen LogP contribution < -0.4 is 0 Å². The molecule has 1 heterocycles. The van der Waals surface area contributed by atoms with Crippen molar-refractivity contribution < 1.29 is 14.7 Å². The summed E-state index contributed by atoms with van der Waals surface area (Å²) in [5.41, 5.74) is 0.444. The number of carbonyl (C=O) groups excluding carboxylic acids is 1. The zero-order chi connectivity index (χ0) is 14.8. The number of hydrogen-bond donors (Lipinski definition) is 1. The highest BCUT2D eigenvalue weighted by atomic mass is 16.4. The first-order valence-electron chi connectivity index (χ1n) is 7.40. The van der Waals surface area contributed by atoms with Gasteiger partial charge in [-0.05, 0) is 38.6 Å². The summed E-state index contributed by atoms with van der Waals surface area (Å²) in [5, 5.41) is 9.37. The fourth-order valence-corrected chi connectivity index (χ4v) is 3.12. The molecule has 1 atom stereocenters. The van der Waals surface area contributed by atoms with Gasteiger partial charge in [-0.3, -0.25) is 14.5 Å². The summed E-state index contributed by atoms with van der Waals surface area (Å²) in [6.45, 7) is 3.41. The summed E-state index contributed by atoms with van der Waals surface area (Å²) < 4.78 is 0. The Morgan fingerprint density at radius 3 is 2.75 bits per heavy atom. The van der Waals surface area contributed by atoms with Crippen molar-refractivity contribution in [2.75, 3.05) is 26.7 Å². The zero-order valence-corrected chi connectivity index (χ0v) is 12.4. The Balaban J connectivity index is 1.91. The second-order valence-corrected chi connectivity index (χ2v) is 5.94. The van der Waals surface area contributed by atoms with Crippen molar-refractivity contribution in [3.8, 4) is 0 Å². The van der Waals surface area contributed by atoms with E-state index < -0.39 is 11.4 Å². The van der Waals surface area contributed by atoms with E-state index in [4.69, 9.17) is 0 Å². The highest BCUT2D eigenvalue weighted by molar-refractivity contribution is 5.80. The lowest BCUT2D eigenvalue weighted by Crippen LogP contribution is -2.39. The molecule has 1 aliphatic heterocycles.